The Kier molecular flexibility index (Phi) is 3.03. The predicted octanol–water partition coefficient (Wildman–Crippen LogP) is 7.57. The maximum Gasteiger partial charge on any atom is 0.0547 e. The molecule has 0 saturated carbocycles. The molecule has 0 aliphatic heterocycles. The molecule has 1 N–H and O–H groups in total. The summed E-state index contributed by atoms with van der Waals surface area (Å²) in [6.07, 6.45) is 0. The van der Waals surface area contributed by atoms with Crippen LogP contribution in [0.5, 0.6) is 0 Å². The summed E-state index contributed by atoms with van der Waals surface area (Å²) in [5, 5.41) is 7.73. The van der Waals surface area contributed by atoms with E-state index in [4.69, 9.17) is 0 Å². The number of hydrogen-bond donors (Lipinski definition) is 1. The Morgan fingerprint density at radius 3 is 2.17 bits per heavy atom. The van der Waals surface area contributed by atoms with Crippen LogP contribution in [0.25, 0.3) is 60.1 Å². The van der Waals surface area contributed by atoms with E-state index in [1.807, 2.05) is 0 Å². The van der Waals surface area contributed by atoms with Crippen LogP contribution in [0.4, 0.5) is 0 Å². The van der Waals surface area contributed by atoms with Gasteiger partial charge in [0.05, 0.1) is 11.0 Å². The highest BCUT2D eigenvalue weighted by Crippen LogP contribution is 2.37. The van der Waals surface area contributed by atoms with Crippen molar-refractivity contribution in [1.29, 1.82) is 0 Å². The molecule has 2 nitrogen and oxygen atoms in total. The van der Waals surface area contributed by atoms with Crippen molar-refractivity contribution in [3.8, 4) is 5.69 Å². The zero-order valence-electron chi connectivity index (χ0n) is 16.3. The number of rotatable bonds is 1. The summed E-state index contributed by atoms with van der Waals surface area (Å²) in [7, 11) is 0. The summed E-state index contributed by atoms with van der Waals surface area (Å²) in [6, 6.07) is 37.1. The van der Waals surface area contributed by atoms with Gasteiger partial charge >= 0.3 is 0 Å². The van der Waals surface area contributed by atoms with Crippen molar-refractivity contribution in [2.45, 2.75) is 0 Å². The molecule has 5 aromatic carbocycles. The third kappa shape index (κ3) is 2.03. The zero-order valence-corrected chi connectivity index (χ0v) is 16.3. The van der Waals surface area contributed by atoms with Crippen molar-refractivity contribution in [1.82, 2.24) is 9.55 Å². The summed E-state index contributed by atoms with van der Waals surface area (Å²) >= 11 is 0. The van der Waals surface area contributed by atoms with E-state index in [9.17, 15) is 0 Å². The molecule has 0 atom stereocenters. The van der Waals surface area contributed by atoms with Crippen LogP contribution >= 0.6 is 0 Å². The van der Waals surface area contributed by atoms with E-state index in [-0.39, 0.29) is 0 Å². The minimum Gasteiger partial charge on any atom is -0.354 e. The molecule has 140 valence electrons. The van der Waals surface area contributed by atoms with Crippen LogP contribution in [0.3, 0.4) is 0 Å². The molecular weight excluding hydrogens is 364 g/mol. The first-order valence-corrected chi connectivity index (χ1v) is 10.3. The van der Waals surface area contributed by atoms with Gasteiger partial charge in [0, 0.05) is 38.3 Å². The topological polar surface area (TPSA) is 20.7 Å². The van der Waals surface area contributed by atoms with Crippen LogP contribution in [-0.2, 0) is 0 Å². The number of hydrogen-bond acceptors (Lipinski definition) is 0. The van der Waals surface area contributed by atoms with Gasteiger partial charge in [-0.2, -0.15) is 0 Å². The van der Waals surface area contributed by atoms with Gasteiger partial charge in [0.25, 0.3) is 0 Å². The number of fused-ring (bicyclic) bond motifs is 8. The smallest absolute Gasteiger partial charge is 0.0547 e. The maximum atomic E-state index is 3.59. The molecule has 2 aromatic heterocycles. The van der Waals surface area contributed by atoms with Crippen LogP contribution in [0, 0.1) is 0 Å². The number of para-hydroxylation sites is 2. The second-order valence-corrected chi connectivity index (χ2v) is 7.93. The monoisotopic (exact) mass is 382 g/mol. The van der Waals surface area contributed by atoms with Gasteiger partial charge in [0.1, 0.15) is 0 Å². The third-order valence-electron chi connectivity index (χ3n) is 6.31. The van der Waals surface area contributed by atoms with Crippen LogP contribution in [0.2, 0.25) is 0 Å². The number of nitrogens with zero attached hydrogens (tertiary/aromatic N) is 1. The summed E-state index contributed by atoms with van der Waals surface area (Å²) in [5.41, 5.74) is 6.00. The SMILES string of the molecule is c1ccc2c(c1)ccc1c2c2ccccc2n1-c1ccc2c(c1)[nH]c1ccccc12. The Labute approximate surface area is 173 Å². The minimum atomic E-state index is 1.17. The Morgan fingerprint density at radius 2 is 1.23 bits per heavy atom. The molecule has 0 saturated heterocycles. The van der Waals surface area contributed by atoms with Gasteiger partial charge in [-0.3, -0.25) is 0 Å². The number of aromatic amines is 1. The maximum absolute atomic E-state index is 3.59. The summed E-state index contributed by atoms with van der Waals surface area (Å²) < 4.78 is 2.39. The molecule has 2 heterocycles. The van der Waals surface area contributed by atoms with E-state index >= 15 is 0 Å². The Bertz CT molecular complexity index is 1750. The molecule has 0 unspecified atom stereocenters. The van der Waals surface area contributed by atoms with Gasteiger partial charge < -0.3 is 9.55 Å². The Balaban J connectivity index is 1.63. The Hall–Kier alpha value is -4.04. The van der Waals surface area contributed by atoms with E-state index in [1.54, 1.807) is 0 Å². The first-order chi connectivity index (χ1) is 14.9. The lowest BCUT2D eigenvalue weighted by Gasteiger charge is -2.08. The van der Waals surface area contributed by atoms with Crippen LogP contribution in [0.1, 0.15) is 0 Å². The fourth-order valence-electron chi connectivity index (χ4n) is 5.00. The number of aromatic nitrogens is 2. The lowest BCUT2D eigenvalue weighted by molar-refractivity contribution is 1.18. The number of H-pyrrole nitrogens is 1. The van der Waals surface area contributed by atoms with E-state index < -0.39 is 0 Å². The van der Waals surface area contributed by atoms with Gasteiger partial charge in [0.15, 0.2) is 0 Å². The highest BCUT2D eigenvalue weighted by Gasteiger charge is 2.15. The second-order valence-electron chi connectivity index (χ2n) is 7.93. The molecule has 0 fully saturated rings. The zero-order chi connectivity index (χ0) is 19.7. The highest BCUT2D eigenvalue weighted by atomic mass is 15.0. The van der Waals surface area contributed by atoms with Crippen LogP contribution in [-0.4, -0.2) is 9.55 Å². The normalized spacial score (nSPS) is 12.0. The van der Waals surface area contributed by atoms with Crippen LogP contribution in [0.15, 0.2) is 103 Å². The average Bonchev–Trinajstić information content (AvgIpc) is 3.34. The molecule has 7 rings (SSSR count). The molecule has 2 heteroatoms. The van der Waals surface area contributed by atoms with E-state index in [0.29, 0.717) is 0 Å². The van der Waals surface area contributed by atoms with Crippen molar-refractivity contribution in [3.05, 3.63) is 103 Å². The molecule has 30 heavy (non-hydrogen) atoms. The second kappa shape index (κ2) is 5.74. The summed E-state index contributed by atoms with van der Waals surface area (Å²) in [4.78, 5) is 3.59. The fraction of sp³-hybridized carbons (Fsp3) is 0. The van der Waals surface area contributed by atoms with E-state index in [0.717, 1.165) is 0 Å². The van der Waals surface area contributed by atoms with Crippen LogP contribution < -0.4 is 0 Å². The van der Waals surface area contributed by atoms with Gasteiger partial charge in [-0.15, -0.1) is 0 Å². The number of benzene rings is 5. The largest absolute Gasteiger partial charge is 0.354 e. The number of nitrogens with one attached hydrogen (secondary N) is 1. The first-order valence-electron chi connectivity index (χ1n) is 10.3. The molecule has 0 amide bonds. The lowest BCUT2D eigenvalue weighted by Crippen LogP contribution is -1.93. The minimum absolute atomic E-state index is 1.17. The third-order valence-corrected chi connectivity index (χ3v) is 6.31. The molecule has 0 bridgehead atoms. The van der Waals surface area contributed by atoms with Gasteiger partial charge in [-0.05, 0) is 41.1 Å². The van der Waals surface area contributed by atoms with E-state index in [2.05, 4.69) is 113 Å². The molecule has 7 aromatic rings. The standard InChI is InChI=1S/C28H18N2/c1-2-8-20-18(7-1)13-16-27-28(20)23-10-4-6-12-26(23)30(27)19-14-15-22-21-9-3-5-11-24(21)29-25(22)17-19/h1-17,29H. The fourth-order valence-corrected chi connectivity index (χ4v) is 5.00. The Morgan fingerprint density at radius 1 is 0.500 bits per heavy atom. The molecule has 0 spiro atoms. The van der Waals surface area contributed by atoms with Crippen molar-refractivity contribution in [3.63, 3.8) is 0 Å². The molecule has 0 aliphatic carbocycles. The first kappa shape index (κ1) is 15.8. The summed E-state index contributed by atoms with van der Waals surface area (Å²) in [6.45, 7) is 0. The molecule has 0 radical (unpaired) electrons. The summed E-state index contributed by atoms with van der Waals surface area (Å²) in [5.74, 6) is 0. The van der Waals surface area contributed by atoms with Crippen molar-refractivity contribution in [2.24, 2.45) is 0 Å². The van der Waals surface area contributed by atoms with Crippen molar-refractivity contribution >= 4 is 54.4 Å². The van der Waals surface area contributed by atoms with Gasteiger partial charge in [-0.1, -0.05) is 72.8 Å². The highest BCUT2D eigenvalue weighted by molar-refractivity contribution is 6.21. The quantitative estimate of drug-likeness (QED) is 0.302. The van der Waals surface area contributed by atoms with Gasteiger partial charge in [-0.25, -0.2) is 0 Å². The lowest BCUT2D eigenvalue weighted by atomic mass is 10.0. The molecular formula is C28H18N2. The van der Waals surface area contributed by atoms with Crippen molar-refractivity contribution in [2.75, 3.05) is 0 Å². The molecule has 0 aliphatic rings. The van der Waals surface area contributed by atoms with E-state index in [1.165, 1.54) is 60.1 Å². The van der Waals surface area contributed by atoms with Gasteiger partial charge in [0.2, 0.25) is 0 Å². The predicted molar refractivity (Wildman–Crippen MR) is 128 cm³/mol. The van der Waals surface area contributed by atoms with Crippen molar-refractivity contribution < 1.29 is 0 Å². The average molecular weight is 382 g/mol.